The minimum atomic E-state index is -3.14. The summed E-state index contributed by atoms with van der Waals surface area (Å²) in [5.74, 6) is 0. The molecule has 0 amide bonds. The van der Waals surface area contributed by atoms with E-state index in [2.05, 4.69) is 8.37 Å². The predicted octanol–water partition coefficient (Wildman–Crippen LogP) is 1.18. The van der Waals surface area contributed by atoms with Crippen molar-refractivity contribution in [2.24, 2.45) is 0 Å². The van der Waals surface area contributed by atoms with Crippen LogP contribution in [0.5, 0.6) is 0 Å². The molecule has 7 heteroatoms. The lowest BCUT2D eigenvalue weighted by atomic mass is 10.5. The number of halogens is 3. The Bertz CT molecular complexity index is 121. The molecule has 0 spiro atoms. The van der Waals surface area contributed by atoms with Crippen LogP contribution in [0.4, 0.5) is 13.2 Å². The summed E-state index contributed by atoms with van der Waals surface area (Å²) in [4.78, 5) is 0. The quantitative estimate of drug-likeness (QED) is 0.593. The van der Waals surface area contributed by atoms with Gasteiger partial charge in [-0.2, -0.15) is 13.0 Å². The van der Waals surface area contributed by atoms with Crippen LogP contribution in [0.15, 0.2) is 0 Å². The average molecular weight is 192 g/mol. The van der Waals surface area contributed by atoms with Crippen molar-refractivity contribution >= 4 is 11.4 Å². The number of hydrogen-bond acceptors (Lipinski definition) is 3. The summed E-state index contributed by atoms with van der Waals surface area (Å²) in [5.41, 5.74) is 0. The highest BCUT2D eigenvalue weighted by Gasteiger charge is 2.09. The number of hydrogen-bond donors (Lipinski definition) is 0. The van der Waals surface area contributed by atoms with Gasteiger partial charge in [-0.15, -0.1) is 0 Å². The van der Waals surface area contributed by atoms with Crippen LogP contribution < -0.4 is 0 Å². The maximum absolute atomic E-state index is 11.3. The lowest BCUT2D eigenvalue weighted by Crippen LogP contribution is -2.07. The Morgan fingerprint density at radius 1 is 1.45 bits per heavy atom. The molecule has 0 aliphatic rings. The summed E-state index contributed by atoms with van der Waals surface area (Å²) < 4.78 is 51.5. The number of alkyl halides is 3. The molecule has 0 aromatic carbocycles. The van der Waals surface area contributed by atoms with Crippen LogP contribution in [0.1, 0.15) is 6.42 Å². The van der Waals surface area contributed by atoms with E-state index in [1.807, 2.05) is 0 Å². The Morgan fingerprint density at radius 2 is 2.09 bits per heavy atom. The van der Waals surface area contributed by atoms with Crippen molar-refractivity contribution in [3.63, 3.8) is 0 Å². The highest BCUT2D eigenvalue weighted by atomic mass is 32.2. The fourth-order valence-corrected chi connectivity index (χ4v) is 0.697. The molecule has 0 fully saturated rings. The van der Waals surface area contributed by atoms with Gasteiger partial charge in [0.05, 0.1) is 13.3 Å². The van der Waals surface area contributed by atoms with Gasteiger partial charge in [-0.25, -0.2) is 4.18 Å². The molecule has 0 saturated heterocycles. The first-order valence-corrected chi connectivity index (χ1v) is 3.73. The molecule has 0 radical (unpaired) electrons. The molecule has 0 N–H and O–H groups in total. The Hall–Kier alpha value is -0.140. The van der Waals surface area contributed by atoms with E-state index in [1.165, 1.54) is 0 Å². The first-order valence-electron chi connectivity index (χ1n) is 2.73. The van der Waals surface area contributed by atoms with E-state index in [0.29, 0.717) is 0 Å². The molecule has 1 atom stereocenters. The Labute approximate surface area is 64.4 Å². The summed E-state index contributed by atoms with van der Waals surface area (Å²) in [7, 11) is 0. The highest BCUT2D eigenvalue weighted by Crippen LogP contribution is 2.00. The first-order chi connectivity index (χ1) is 5.16. The zero-order chi connectivity index (χ0) is 8.69. The van der Waals surface area contributed by atoms with Gasteiger partial charge in [-0.05, 0) is 0 Å². The van der Waals surface area contributed by atoms with E-state index < -0.39 is 24.6 Å². The monoisotopic (exact) mass is 192 g/mol. The van der Waals surface area contributed by atoms with Crippen molar-refractivity contribution in [1.29, 1.82) is 0 Å². The van der Waals surface area contributed by atoms with E-state index in [9.17, 15) is 17.4 Å². The fraction of sp³-hybridized carbons (Fsp3) is 1.00. The molecule has 0 saturated carbocycles. The zero-order valence-electron chi connectivity index (χ0n) is 5.47. The van der Waals surface area contributed by atoms with Crippen LogP contribution in [-0.4, -0.2) is 24.1 Å². The lowest BCUT2D eigenvalue weighted by Gasteiger charge is -2.00. The van der Waals surface area contributed by atoms with Gasteiger partial charge in [0.2, 0.25) is 0 Å². The van der Waals surface area contributed by atoms with Gasteiger partial charge in [0.15, 0.2) is 0 Å². The lowest BCUT2D eigenvalue weighted by molar-refractivity contribution is -0.0482. The topological polar surface area (TPSA) is 35.5 Å². The second-order valence-electron chi connectivity index (χ2n) is 1.43. The van der Waals surface area contributed by atoms with Crippen LogP contribution in [0, 0.1) is 0 Å². The van der Waals surface area contributed by atoms with E-state index in [1.54, 1.807) is 0 Å². The molecule has 1 unspecified atom stereocenters. The predicted molar refractivity (Wildman–Crippen MR) is 31.8 cm³/mol. The Kier molecular flexibility index (Phi) is 6.48. The van der Waals surface area contributed by atoms with Gasteiger partial charge >= 0.3 is 18.0 Å². The minimum absolute atomic E-state index is 0.0122. The molecule has 0 heterocycles. The molecule has 0 aliphatic heterocycles. The molecule has 3 nitrogen and oxygen atoms in total. The van der Waals surface area contributed by atoms with Crippen molar-refractivity contribution in [3.05, 3.63) is 0 Å². The maximum atomic E-state index is 11.3. The van der Waals surface area contributed by atoms with Crippen molar-refractivity contribution in [2.75, 3.05) is 13.3 Å². The van der Waals surface area contributed by atoms with Crippen molar-refractivity contribution in [1.82, 2.24) is 0 Å². The maximum Gasteiger partial charge on any atom is 0.358 e. The normalized spacial score (nSPS) is 13.8. The van der Waals surface area contributed by atoms with E-state index >= 15 is 0 Å². The van der Waals surface area contributed by atoms with Crippen molar-refractivity contribution in [2.45, 2.75) is 13.0 Å². The molecule has 11 heavy (non-hydrogen) atoms. The van der Waals surface area contributed by atoms with Gasteiger partial charge in [-0.1, -0.05) is 0 Å². The third-order valence-electron chi connectivity index (χ3n) is 0.609. The van der Waals surface area contributed by atoms with Crippen LogP contribution in [0.2, 0.25) is 0 Å². The summed E-state index contributed by atoms with van der Waals surface area (Å²) in [6.07, 6.45) is 0.0122. The zero-order valence-corrected chi connectivity index (χ0v) is 6.28. The van der Waals surface area contributed by atoms with Gasteiger partial charge in [-0.3, -0.25) is 8.57 Å². The van der Waals surface area contributed by atoms with Crippen molar-refractivity contribution < 1.29 is 25.7 Å². The van der Waals surface area contributed by atoms with Gasteiger partial charge in [0.25, 0.3) is 0 Å². The van der Waals surface area contributed by atoms with Crippen LogP contribution in [-0.2, 0) is 19.7 Å². The summed E-state index contributed by atoms with van der Waals surface area (Å²) in [6.45, 7) is -3.98. The van der Waals surface area contributed by atoms with Crippen molar-refractivity contribution in [3.8, 4) is 0 Å². The standard InChI is InChI=1S/C4H7F3O3S/c5-2-1-3-9-11(8)10-4(6)7/h4H,1-3H2. The second-order valence-corrected chi connectivity index (χ2v) is 2.26. The highest BCUT2D eigenvalue weighted by molar-refractivity contribution is 7.75. The molecule has 0 aromatic heterocycles. The first kappa shape index (κ1) is 10.9. The Morgan fingerprint density at radius 3 is 2.55 bits per heavy atom. The largest absolute Gasteiger partial charge is 0.358 e. The summed E-state index contributed by atoms with van der Waals surface area (Å²) in [6, 6.07) is 0. The molecule has 0 rings (SSSR count). The van der Waals surface area contributed by atoms with Gasteiger partial charge in [0.1, 0.15) is 0 Å². The summed E-state index contributed by atoms with van der Waals surface area (Å²) >= 11 is -2.47. The third kappa shape index (κ3) is 7.76. The third-order valence-corrected chi connectivity index (χ3v) is 1.27. The average Bonchev–Trinajstić information content (AvgIpc) is 1.86. The molecular formula is C4H7F3O3S. The molecule has 0 aromatic rings. The van der Waals surface area contributed by atoms with Crippen LogP contribution >= 0.6 is 0 Å². The molecule has 68 valence electrons. The minimum Gasteiger partial charge on any atom is -0.268 e. The van der Waals surface area contributed by atoms with Gasteiger partial charge in [0, 0.05) is 6.42 Å². The van der Waals surface area contributed by atoms with Gasteiger partial charge < -0.3 is 0 Å². The fourth-order valence-electron chi connectivity index (χ4n) is 0.269. The van der Waals surface area contributed by atoms with E-state index in [0.717, 1.165) is 0 Å². The molecular weight excluding hydrogens is 185 g/mol. The van der Waals surface area contributed by atoms with Crippen LogP contribution in [0.25, 0.3) is 0 Å². The van der Waals surface area contributed by atoms with Crippen LogP contribution in [0.3, 0.4) is 0 Å². The van der Waals surface area contributed by atoms with E-state index in [-0.39, 0.29) is 13.0 Å². The second kappa shape index (κ2) is 6.56. The smallest absolute Gasteiger partial charge is 0.268 e. The molecule has 0 aliphatic carbocycles. The van der Waals surface area contributed by atoms with E-state index in [4.69, 9.17) is 0 Å². The SMILES string of the molecule is O=S(OCCCF)OC(F)F. The Balaban J connectivity index is 3.23. The number of rotatable bonds is 6. The molecule has 0 bridgehead atoms. The summed E-state index contributed by atoms with van der Waals surface area (Å²) in [5, 5.41) is 0.